The maximum atomic E-state index is 12.6. The van der Waals surface area contributed by atoms with Gasteiger partial charge in [-0.05, 0) is 51.5 Å². The van der Waals surface area contributed by atoms with Gasteiger partial charge in [0.2, 0.25) is 5.91 Å². The van der Waals surface area contributed by atoms with Crippen molar-refractivity contribution >= 4 is 33.3 Å². The SMILES string of the molecule is Cc1sc2ncnc(N3CCC(C(=O)NC4(C#N)CCC4)CC3)c2c1C. The fourth-order valence-corrected chi connectivity index (χ4v) is 4.88. The molecule has 7 heteroatoms. The van der Waals surface area contributed by atoms with E-state index in [4.69, 9.17) is 0 Å². The number of hydrogen-bond acceptors (Lipinski definition) is 6. The second kappa shape index (κ2) is 6.51. The van der Waals surface area contributed by atoms with Crippen LogP contribution in [0.4, 0.5) is 5.82 Å². The standard InChI is InChI=1S/C19H23N5OS/c1-12-13(2)26-18-15(12)16(21-11-22-18)24-8-4-14(5-9-24)17(25)23-19(10-20)6-3-7-19/h11,14H,3-9H2,1-2H3,(H,23,25). The van der Waals surface area contributed by atoms with Crippen molar-refractivity contribution in [2.24, 2.45) is 5.92 Å². The predicted octanol–water partition coefficient (Wildman–Crippen LogP) is 3.09. The van der Waals surface area contributed by atoms with Gasteiger partial charge < -0.3 is 10.2 Å². The molecule has 0 radical (unpaired) electrons. The lowest BCUT2D eigenvalue weighted by atomic mass is 9.77. The predicted molar refractivity (Wildman–Crippen MR) is 102 cm³/mol. The summed E-state index contributed by atoms with van der Waals surface area (Å²) in [6, 6.07) is 2.29. The van der Waals surface area contributed by atoms with Gasteiger partial charge in [-0.1, -0.05) is 0 Å². The van der Waals surface area contributed by atoms with Gasteiger partial charge >= 0.3 is 0 Å². The molecule has 4 rings (SSSR count). The topological polar surface area (TPSA) is 81.9 Å². The van der Waals surface area contributed by atoms with Crippen molar-refractivity contribution in [2.45, 2.75) is 51.5 Å². The van der Waals surface area contributed by atoms with E-state index in [0.717, 1.165) is 61.2 Å². The van der Waals surface area contributed by atoms with Crippen LogP contribution >= 0.6 is 11.3 Å². The van der Waals surface area contributed by atoms with Gasteiger partial charge in [0.05, 0.1) is 11.5 Å². The third-order valence-electron chi connectivity index (χ3n) is 5.89. The molecule has 1 amide bonds. The van der Waals surface area contributed by atoms with E-state index >= 15 is 0 Å². The Balaban J connectivity index is 1.46. The van der Waals surface area contributed by atoms with Gasteiger partial charge in [0.15, 0.2) is 0 Å². The number of nitrogens with one attached hydrogen (secondary N) is 1. The number of carbonyl (C=O) groups is 1. The molecular weight excluding hydrogens is 346 g/mol. The number of aromatic nitrogens is 2. The van der Waals surface area contributed by atoms with Gasteiger partial charge in [-0.25, -0.2) is 9.97 Å². The normalized spacial score (nSPS) is 19.8. The average Bonchev–Trinajstić information content (AvgIpc) is 2.92. The van der Waals surface area contributed by atoms with Crippen LogP contribution in [0.25, 0.3) is 10.2 Å². The molecule has 1 saturated heterocycles. The van der Waals surface area contributed by atoms with E-state index in [-0.39, 0.29) is 11.8 Å². The highest BCUT2D eigenvalue weighted by Gasteiger charge is 2.40. The van der Waals surface area contributed by atoms with E-state index in [1.54, 1.807) is 17.7 Å². The summed E-state index contributed by atoms with van der Waals surface area (Å²) in [5.74, 6) is 1.02. The van der Waals surface area contributed by atoms with Crippen molar-refractivity contribution < 1.29 is 4.79 Å². The Morgan fingerprint density at radius 2 is 2.08 bits per heavy atom. The zero-order valence-electron chi connectivity index (χ0n) is 15.2. The van der Waals surface area contributed by atoms with Crippen LogP contribution in [0.15, 0.2) is 6.33 Å². The zero-order valence-corrected chi connectivity index (χ0v) is 16.0. The number of piperidine rings is 1. The molecule has 1 aliphatic carbocycles. The minimum atomic E-state index is -0.599. The summed E-state index contributed by atoms with van der Waals surface area (Å²) in [4.78, 5) is 26.1. The van der Waals surface area contributed by atoms with Crippen molar-refractivity contribution in [2.75, 3.05) is 18.0 Å². The molecule has 1 aliphatic heterocycles. The Hall–Kier alpha value is -2.20. The van der Waals surface area contributed by atoms with Gasteiger partial charge in [0, 0.05) is 23.9 Å². The molecule has 1 saturated carbocycles. The van der Waals surface area contributed by atoms with Gasteiger partial charge in [-0.3, -0.25) is 4.79 Å². The number of aryl methyl sites for hydroxylation is 2. The number of hydrogen-bond donors (Lipinski definition) is 1. The smallest absolute Gasteiger partial charge is 0.224 e. The maximum absolute atomic E-state index is 12.6. The summed E-state index contributed by atoms with van der Waals surface area (Å²) in [5, 5.41) is 13.5. The highest BCUT2D eigenvalue weighted by molar-refractivity contribution is 7.18. The summed E-state index contributed by atoms with van der Waals surface area (Å²) in [7, 11) is 0. The van der Waals surface area contributed by atoms with Crippen molar-refractivity contribution in [3.05, 3.63) is 16.8 Å². The Morgan fingerprint density at radius 1 is 1.35 bits per heavy atom. The van der Waals surface area contributed by atoms with Crippen molar-refractivity contribution in [3.8, 4) is 6.07 Å². The summed E-state index contributed by atoms with van der Waals surface area (Å²) in [5.41, 5.74) is 0.652. The molecule has 26 heavy (non-hydrogen) atoms. The quantitative estimate of drug-likeness (QED) is 0.899. The molecule has 2 aromatic rings. The number of rotatable bonds is 3. The molecule has 2 aliphatic rings. The van der Waals surface area contributed by atoms with Crippen molar-refractivity contribution in [3.63, 3.8) is 0 Å². The maximum Gasteiger partial charge on any atom is 0.224 e. The third-order valence-corrected chi connectivity index (χ3v) is 7.01. The monoisotopic (exact) mass is 369 g/mol. The Bertz CT molecular complexity index is 887. The number of anilines is 1. The van der Waals surface area contributed by atoms with Crippen LogP contribution in [-0.4, -0.2) is 34.5 Å². The van der Waals surface area contributed by atoms with Crippen LogP contribution in [0.3, 0.4) is 0 Å². The number of thiophene rings is 1. The first-order chi connectivity index (χ1) is 12.5. The Morgan fingerprint density at radius 3 is 2.69 bits per heavy atom. The molecule has 0 unspecified atom stereocenters. The number of nitriles is 1. The lowest BCUT2D eigenvalue weighted by Gasteiger charge is -2.38. The fourth-order valence-electron chi connectivity index (χ4n) is 3.89. The average molecular weight is 369 g/mol. The first kappa shape index (κ1) is 17.2. The van der Waals surface area contributed by atoms with E-state index in [1.807, 2.05) is 0 Å². The van der Waals surface area contributed by atoms with Crippen molar-refractivity contribution in [1.82, 2.24) is 15.3 Å². The minimum Gasteiger partial charge on any atom is -0.356 e. The molecule has 136 valence electrons. The molecule has 2 aromatic heterocycles. The van der Waals surface area contributed by atoms with Crippen LogP contribution in [0, 0.1) is 31.1 Å². The summed E-state index contributed by atoms with van der Waals surface area (Å²) in [6.07, 6.45) is 5.81. The van der Waals surface area contributed by atoms with Gasteiger partial charge in [0.1, 0.15) is 22.5 Å². The van der Waals surface area contributed by atoms with Crippen LogP contribution < -0.4 is 10.2 Å². The molecular formula is C19H23N5OS. The van der Waals surface area contributed by atoms with E-state index < -0.39 is 5.54 Å². The molecule has 6 nitrogen and oxygen atoms in total. The van der Waals surface area contributed by atoms with Crippen LogP contribution in [0.2, 0.25) is 0 Å². The number of amides is 1. The third kappa shape index (κ3) is 2.82. The van der Waals surface area contributed by atoms with Gasteiger partial charge in [-0.2, -0.15) is 5.26 Å². The number of carbonyl (C=O) groups excluding carboxylic acids is 1. The highest BCUT2D eigenvalue weighted by Crippen LogP contribution is 2.36. The van der Waals surface area contributed by atoms with E-state index in [2.05, 4.69) is 40.1 Å². The molecule has 2 fully saturated rings. The Labute approximate surface area is 157 Å². The van der Waals surface area contributed by atoms with Gasteiger partial charge in [0.25, 0.3) is 0 Å². The molecule has 1 N–H and O–H groups in total. The second-order valence-corrected chi connectivity index (χ2v) is 8.66. The summed E-state index contributed by atoms with van der Waals surface area (Å²) >= 11 is 1.71. The minimum absolute atomic E-state index is 0.0142. The molecule has 0 bridgehead atoms. The van der Waals surface area contributed by atoms with Crippen molar-refractivity contribution in [1.29, 1.82) is 5.26 Å². The lowest BCUT2D eigenvalue weighted by Crippen LogP contribution is -2.55. The van der Waals surface area contributed by atoms with Crippen LogP contribution in [-0.2, 0) is 4.79 Å². The highest BCUT2D eigenvalue weighted by atomic mass is 32.1. The lowest BCUT2D eigenvalue weighted by molar-refractivity contribution is -0.127. The molecule has 0 atom stereocenters. The van der Waals surface area contributed by atoms with E-state index in [9.17, 15) is 10.1 Å². The van der Waals surface area contributed by atoms with Crippen LogP contribution in [0.1, 0.15) is 42.5 Å². The summed E-state index contributed by atoms with van der Waals surface area (Å²) in [6.45, 7) is 5.85. The number of nitrogens with zero attached hydrogens (tertiary/aromatic N) is 4. The molecule has 0 spiro atoms. The molecule has 3 heterocycles. The first-order valence-corrected chi connectivity index (χ1v) is 10.0. The van der Waals surface area contributed by atoms with Gasteiger partial charge in [-0.15, -0.1) is 11.3 Å². The fraction of sp³-hybridized carbons (Fsp3) is 0.579. The molecule has 0 aromatic carbocycles. The Kier molecular flexibility index (Phi) is 4.31. The van der Waals surface area contributed by atoms with E-state index in [0.29, 0.717) is 0 Å². The van der Waals surface area contributed by atoms with Crippen LogP contribution in [0.5, 0.6) is 0 Å². The summed E-state index contributed by atoms with van der Waals surface area (Å²) < 4.78 is 0. The largest absolute Gasteiger partial charge is 0.356 e. The first-order valence-electron chi connectivity index (χ1n) is 9.22. The zero-order chi connectivity index (χ0) is 18.3. The second-order valence-electron chi connectivity index (χ2n) is 7.46. The van der Waals surface area contributed by atoms with E-state index in [1.165, 1.54) is 10.4 Å². The number of fused-ring (bicyclic) bond motifs is 1.